The van der Waals surface area contributed by atoms with Crippen LogP contribution in [0.5, 0.6) is 0 Å². The molecule has 0 bridgehead atoms. The van der Waals surface area contributed by atoms with Crippen molar-refractivity contribution in [3.63, 3.8) is 0 Å². The number of hydrogen-bond donors (Lipinski definition) is 1. The summed E-state index contributed by atoms with van der Waals surface area (Å²) in [5, 5.41) is 2.57. The fourth-order valence-electron chi connectivity index (χ4n) is 3.71. The van der Waals surface area contributed by atoms with Gasteiger partial charge in [0.05, 0.1) is 5.69 Å². The van der Waals surface area contributed by atoms with Crippen LogP contribution in [-0.2, 0) is 6.54 Å². The van der Waals surface area contributed by atoms with E-state index in [0.29, 0.717) is 25.2 Å². The van der Waals surface area contributed by atoms with Gasteiger partial charge in [0.1, 0.15) is 5.82 Å². The average Bonchev–Trinajstić information content (AvgIpc) is 2.78. The van der Waals surface area contributed by atoms with Crippen molar-refractivity contribution in [2.24, 2.45) is 0 Å². The van der Waals surface area contributed by atoms with Crippen molar-refractivity contribution in [1.29, 1.82) is 0 Å². The lowest BCUT2D eigenvalue weighted by molar-refractivity contribution is 0.102. The van der Waals surface area contributed by atoms with Crippen LogP contribution in [0.25, 0.3) is 0 Å². The predicted octanol–water partition coefficient (Wildman–Crippen LogP) is 5.22. The molecule has 31 heavy (non-hydrogen) atoms. The molecule has 0 radical (unpaired) electrons. The number of nitrogens with one attached hydrogen (secondary N) is 1. The molecule has 0 saturated carbocycles. The lowest BCUT2D eigenvalue weighted by Gasteiger charge is -2.36. The number of urea groups is 1. The number of nitrogens with zero attached hydrogens (tertiary/aromatic N) is 2. The summed E-state index contributed by atoms with van der Waals surface area (Å²) in [5.74, 6) is -0.886. The quantitative estimate of drug-likeness (QED) is 0.619. The fraction of sp³-hybridized carbons (Fsp3) is 0.200. The average molecular weight is 417 g/mol. The Morgan fingerprint density at radius 3 is 2.42 bits per heavy atom. The van der Waals surface area contributed by atoms with E-state index in [-0.39, 0.29) is 11.7 Å². The lowest BCUT2D eigenvalue weighted by atomic mass is 10.1. The zero-order valence-electron chi connectivity index (χ0n) is 17.3. The van der Waals surface area contributed by atoms with Crippen LogP contribution in [0, 0.1) is 12.7 Å². The van der Waals surface area contributed by atoms with Gasteiger partial charge in [0.2, 0.25) is 0 Å². The molecule has 1 aliphatic rings. The van der Waals surface area contributed by atoms with Gasteiger partial charge in [-0.2, -0.15) is 0 Å². The maximum absolute atomic E-state index is 13.8. The number of amides is 3. The van der Waals surface area contributed by atoms with Gasteiger partial charge in [-0.05, 0) is 60.9 Å². The third-order valence-electron chi connectivity index (χ3n) is 5.50. The molecule has 158 valence electrons. The van der Waals surface area contributed by atoms with E-state index in [1.807, 2.05) is 36.1 Å². The first-order valence-electron chi connectivity index (χ1n) is 10.3. The minimum absolute atomic E-state index is 0.0435. The number of hydrogen-bond acceptors (Lipinski definition) is 2. The van der Waals surface area contributed by atoms with E-state index in [1.54, 1.807) is 41.3 Å². The van der Waals surface area contributed by atoms with Crippen LogP contribution in [0.2, 0.25) is 0 Å². The van der Waals surface area contributed by atoms with Crippen LogP contribution in [-0.4, -0.2) is 29.9 Å². The summed E-state index contributed by atoms with van der Waals surface area (Å²) in [4.78, 5) is 29.1. The van der Waals surface area contributed by atoms with Gasteiger partial charge in [-0.25, -0.2) is 9.18 Å². The Balaban J connectivity index is 1.45. The number of aryl methyl sites for hydroxylation is 1. The molecule has 1 fully saturated rings. The van der Waals surface area contributed by atoms with Crippen LogP contribution in [0.15, 0.2) is 72.8 Å². The summed E-state index contributed by atoms with van der Waals surface area (Å²) in [5.41, 5.74) is 3.57. The molecular formula is C25H24FN3O2. The van der Waals surface area contributed by atoms with Crippen LogP contribution in [0.1, 0.15) is 27.9 Å². The second-order valence-corrected chi connectivity index (χ2v) is 7.62. The van der Waals surface area contributed by atoms with Gasteiger partial charge < -0.3 is 10.2 Å². The molecule has 1 aliphatic heterocycles. The van der Waals surface area contributed by atoms with Crippen LogP contribution >= 0.6 is 0 Å². The van der Waals surface area contributed by atoms with Gasteiger partial charge >= 0.3 is 6.03 Å². The molecular weight excluding hydrogens is 393 g/mol. The topological polar surface area (TPSA) is 52.6 Å². The van der Waals surface area contributed by atoms with E-state index in [1.165, 1.54) is 12.1 Å². The molecule has 1 N–H and O–H groups in total. The predicted molar refractivity (Wildman–Crippen MR) is 120 cm³/mol. The first-order valence-corrected chi connectivity index (χ1v) is 10.3. The molecule has 0 aliphatic carbocycles. The Morgan fingerprint density at radius 1 is 0.968 bits per heavy atom. The number of rotatable bonds is 5. The molecule has 3 aromatic carbocycles. The van der Waals surface area contributed by atoms with E-state index >= 15 is 0 Å². The molecule has 6 heteroatoms. The highest BCUT2D eigenvalue weighted by molar-refractivity contribution is 6.04. The minimum atomic E-state index is -0.486. The van der Waals surface area contributed by atoms with Crippen molar-refractivity contribution in [1.82, 2.24) is 4.90 Å². The smallest absolute Gasteiger partial charge is 0.320 e. The maximum Gasteiger partial charge on any atom is 0.324 e. The van der Waals surface area contributed by atoms with E-state index in [4.69, 9.17) is 0 Å². The third kappa shape index (κ3) is 4.58. The van der Waals surface area contributed by atoms with Crippen molar-refractivity contribution in [3.05, 3.63) is 95.3 Å². The summed E-state index contributed by atoms with van der Waals surface area (Å²) in [6.07, 6.45) is 0.868. The van der Waals surface area contributed by atoms with Gasteiger partial charge in [0.15, 0.2) is 0 Å². The largest absolute Gasteiger partial charge is 0.324 e. The van der Waals surface area contributed by atoms with Crippen LogP contribution in [0.4, 0.5) is 20.6 Å². The highest BCUT2D eigenvalue weighted by Crippen LogP contribution is 2.23. The first kappa shape index (κ1) is 20.6. The Bertz CT molecular complexity index is 1100. The molecule has 1 saturated heterocycles. The first-order chi connectivity index (χ1) is 15.0. The number of carbonyl (C=O) groups excluding carboxylic acids is 2. The highest BCUT2D eigenvalue weighted by Gasteiger charge is 2.27. The minimum Gasteiger partial charge on any atom is -0.320 e. The second-order valence-electron chi connectivity index (χ2n) is 7.62. The number of benzene rings is 3. The highest BCUT2D eigenvalue weighted by atomic mass is 19.1. The summed E-state index contributed by atoms with van der Waals surface area (Å²) >= 11 is 0. The maximum atomic E-state index is 13.8. The molecule has 3 amide bonds. The van der Waals surface area contributed by atoms with Crippen LogP contribution in [0.3, 0.4) is 0 Å². The van der Waals surface area contributed by atoms with Crippen molar-refractivity contribution < 1.29 is 14.0 Å². The molecule has 4 rings (SSSR count). The number of anilines is 2. The second kappa shape index (κ2) is 9.00. The zero-order chi connectivity index (χ0) is 21.8. The Hall–Kier alpha value is -3.67. The van der Waals surface area contributed by atoms with E-state index < -0.39 is 11.7 Å². The van der Waals surface area contributed by atoms with Crippen molar-refractivity contribution in [3.8, 4) is 0 Å². The van der Waals surface area contributed by atoms with E-state index in [0.717, 1.165) is 23.2 Å². The molecule has 0 aromatic heterocycles. The summed E-state index contributed by atoms with van der Waals surface area (Å²) in [6, 6.07) is 20.9. The van der Waals surface area contributed by atoms with Gasteiger partial charge in [0.25, 0.3) is 5.91 Å². The van der Waals surface area contributed by atoms with Crippen molar-refractivity contribution in [2.75, 3.05) is 23.3 Å². The standard InChI is InChI=1S/C25H24FN3O2/c1-18-7-2-3-8-20(18)17-28-15-6-16-29(25(28)31)21-13-11-19(12-14-21)24(30)27-23-10-5-4-9-22(23)26/h2-5,7-14H,6,15-17H2,1H3,(H,27,30). The lowest BCUT2D eigenvalue weighted by Crippen LogP contribution is -2.49. The van der Waals surface area contributed by atoms with Crippen molar-refractivity contribution >= 4 is 23.3 Å². The Kier molecular flexibility index (Phi) is 5.98. The molecule has 5 nitrogen and oxygen atoms in total. The van der Waals surface area contributed by atoms with E-state index in [2.05, 4.69) is 5.32 Å². The summed E-state index contributed by atoms with van der Waals surface area (Å²) in [7, 11) is 0. The van der Waals surface area contributed by atoms with E-state index in [9.17, 15) is 14.0 Å². The zero-order valence-corrected chi connectivity index (χ0v) is 17.3. The molecule has 1 heterocycles. The van der Waals surface area contributed by atoms with Gasteiger partial charge in [-0.3, -0.25) is 9.69 Å². The van der Waals surface area contributed by atoms with Gasteiger partial charge in [0, 0.05) is 30.9 Å². The molecule has 0 spiro atoms. The number of para-hydroxylation sites is 1. The Labute approximate surface area is 181 Å². The normalized spacial score (nSPS) is 13.9. The van der Waals surface area contributed by atoms with Gasteiger partial charge in [-0.15, -0.1) is 0 Å². The molecule has 0 atom stereocenters. The fourth-order valence-corrected chi connectivity index (χ4v) is 3.71. The van der Waals surface area contributed by atoms with Crippen LogP contribution < -0.4 is 10.2 Å². The number of halogens is 1. The molecule has 3 aromatic rings. The summed E-state index contributed by atoms with van der Waals surface area (Å²) < 4.78 is 13.8. The molecule has 0 unspecified atom stereocenters. The Morgan fingerprint density at radius 2 is 1.68 bits per heavy atom. The SMILES string of the molecule is Cc1ccccc1CN1CCCN(c2ccc(C(=O)Nc3ccccc3F)cc2)C1=O. The summed E-state index contributed by atoms with van der Waals surface area (Å²) in [6.45, 7) is 3.97. The number of carbonyl (C=O) groups is 2. The monoisotopic (exact) mass is 417 g/mol. The van der Waals surface area contributed by atoms with Gasteiger partial charge in [-0.1, -0.05) is 36.4 Å². The third-order valence-corrected chi connectivity index (χ3v) is 5.50. The van der Waals surface area contributed by atoms with Crippen molar-refractivity contribution in [2.45, 2.75) is 19.9 Å².